The van der Waals surface area contributed by atoms with E-state index in [1.54, 1.807) is 0 Å². The number of carbonyl (C=O) groups excluding carboxylic acids is 1. The van der Waals surface area contributed by atoms with E-state index in [0.717, 1.165) is 5.56 Å². The second-order valence-corrected chi connectivity index (χ2v) is 50.2. The van der Waals surface area contributed by atoms with Gasteiger partial charge in [-0.15, -0.1) is 0 Å². The van der Waals surface area contributed by atoms with Crippen LogP contribution in [0.1, 0.15) is 18.1 Å². The molecule has 0 saturated heterocycles. The zero-order valence-corrected chi connectivity index (χ0v) is 23.6. The molecule has 0 aliphatic carbocycles. The van der Waals surface area contributed by atoms with Crippen LogP contribution in [0, 0.1) is 0 Å². The molecule has 0 N–H and O–H groups in total. The number of hydrogen-bond acceptors (Lipinski definition) is 3. The van der Waals surface area contributed by atoms with Gasteiger partial charge in [0.15, 0.2) is 6.87 Å². The van der Waals surface area contributed by atoms with Crippen molar-refractivity contribution in [3.63, 3.8) is 0 Å². The molecule has 1 rings (SSSR count). The lowest BCUT2D eigenvalue weighted by molar-refractivity contribution is -0.136. The van der Waals surface area contributed by atoms with Gasteiger partial charge >= 0.3 is 5.97 Å². The molecule has 0 heterocycles. The SMILES string of the molecule is C=C(CC(O[Si]([Si](C)(C)C)([Si](C)(C)C)[Si](C)(C)C)c1ccccc1)C(=O)OC. The van der Waals surface area contributed by atoms with E-state index in [9.17, 15) is 4.79 Å². The van der Waals surface area contributed by atoms with Crippen LogP contribution in [-0.2, 0) is 14.0 Å². The third-order valence-electron chi connectivity index (χ3n) is 5.56. The zero-order valence-electron chi connectivity index (χ0n) is 19.6. The van der Waals surface area contributed by atoms with Crippen molar-refractivity contribution in [2.45, 2.75) is 71.4 Å². The van der Waals surface area contributed by atoms with Crippen molar-refractivity contribution in [1.82, 2.24) is 0 Å². The number of hydrogen-bond donors (Lipinski definition) is 0. The Morgan fingerprint density at radius 2 is 1.32 bits per heavy atom. The number of methoxy groups -OCH3 is 1. The molecule has 1 atom stereocenters. The number of ether oxygens (including phenoxy) is 1. The Hall–Kier alpha value is -0.742. The molecule has 28 heavy (non-hydrogen) atoms. The van der Waals surface area contributed by atoms with Crippen LogP contribution >= 0.6 is 0 Å². The molecule has 1 unspecified atom stereocenters. The molecule has 1 aromatic carbocycles. The Kier molecular flexibility index (Phi) is 8.09. The highest BCUT2D eigenvalue weighted by atomic mass is 29.9. The third kappa shape index (κ3) is 5.24. The molecule has 3 nitrogen and oxygen atoms in total. The van der Waals surface area contributed by atoms with Gasteiger partial charge in [-0.25, -0.2) is 4.79 Å². The summed E-state index contributed by atoms with van der Waals surface area (Å²) in [5.74, 6) is -0.342. The Labute approximate surface area is 176 Å². The van der Waals surface area contributed by atoms with E-state index in [2.05, 4.69) is 77.6 Å². The fourth-order valence-electron chi connectivity index (χ4n) is 5.47. The second-order valence-electron chi connectivity index (χ2n) is 10.7. The van der Waals surface area contributed by atoms with Gasteiger partial charge in [-0.05, 0) is 5.56 Å². The lowest BCUT2D eigenvalue weighted by Crippen LogP contribution is -2.84. The van der Waals surface area contributed by atoms with Crippen molar-refractivity contribution < 1.29 is 14.0 Å². The smallest absolute Gasteiger partial charge is 0.333 e. The van der Waals surface area contributed by atoms with Gasteiger partial charge in [-0.2, -0.15) is 0 Å². The normalized spacial score (nSPS) is 14.5. The molecule has 0 aliphatic heterocycles. The van der Waals surface area contributed by atoms with E-state index in [-0.39, 0.29) is 12.1 Å². The van der Waals surface area contributed by atoms with E-state index in [0.29, 0.717) is 12.0 Å². The maximum absolute atomic E-state index is 12.1. The van der Waals surface area contributed by atoms with Crippen LogP contribution in [0.3, 0.4) is 0 Å². The summed E-state index contributed by atoms with van der Waals surface area (Å²) >= 11 is 0. The fourth-order valence-corrected chi connectivity index (χ4v) is 99.4. The monoisotopic (exact) mass is 452 g/mol. The van der Waals surface area contributed by atoms with Crippen LogP contribution < -0.4 is 0 Å². The van der Waals surface area contributed by atoms with Gasteiger partial charge in [0, 0.05) is 12.0 Å². The summed E-state index contributed by atoms with van der Waals surface area (Å²) in [6.45, 7) is 24.5. The van der Waals surface area contributed by atoms with Crippen molar-refractivity contribution >= 4 is 35.6 Å². The molecule has 0 aromatic heterocycles. The lowest BCUT2D eigenvalue weighted by atomic mass is 10.0. The van der Waals surface area contributed by atoms with E-state index in [4.69, 9.17) is 9.16 Å². The minimum absolute atomic E-state index is 0.135. The van der Waals surface area contributed by atoms with Gasteiger partial charge in [0.05, 0.1) is 36.0 Å². The molecule has 7 heteroatoms. The van der Waals surface area contributed by atoms with E-state index >= 15 is 0 Å². The lowest BCUT2D eigenvalue weighted by Gasteiger charge is -2.57. The molecule has 0 saturated carbocycles. The van der Waals surface area contributed by atoms with Crippen molar-refractivity contribution in [3.05, 3.63) is 48.0 Å². The van der Waals surface area contributed by atoms with Crippen LogP contribution in [0.4, 0.5) is 0 Å². The molecule has 0 amide bonds. The predicted octanol–water partition coefficient (Wildman–Crippen LogP) is 6.06. The Morgan fingerprint density at radius 1 is 0.893 bits per heavy atom. The Balaban J connectivity index is 3.58. The maximum atomic E-state index is 12.1. The summed E-state index contributed by atoms with van der Waals surface area (Å²) in [7, 11) is -3.37. The first-order valence-corrected chi connectivity index (χ1v) is 25.5. The maximum Gasteiger partial charge on any atom is 0.333 e. The number of carbonyl (C=O) groups is 1. The highest BCUT2D eigenvalue weighted by Crippen LogP contribution is 2.42. The molecule has 0 spiro atoms. The average Bonchev–Trinajstić information content (AvgIpc) is 2.54. The largest absolute Gasteiger partial charge is 0.466 e. The highest BCUT2D eigenvalue weighted by molar-refractivity contribution is 7.87. The summed E-state index contributed by atoms with van der Waals surface area (Å²) in [4.78, 5) is 12.1. The molecule has 1 aromatic rings. The number of benzene rings is 1. The number of rotatable bonds is 9. The van der Waals surface area contributed by atoms with Gasteiger partial charge in [0.25, 0.3) is 0 Å². The van der Waals surface area contributed by atoms with Crippen LogP contribution in [0.25, 0.3) is 0 Å². The third-order valence-corrected chi connectivity index (χ3v) is 73.1. The van der Waals surface area contributed by atoms with Crippen LogP contribution in [-0.4, -0.2) is 42.7 Å². The van der Waals surface area contributed by atoms with Crippen molar-refractivity contribution in [2.24, 2.45) is 0 Å². The van der Waals surface area contributed by atoms with Crippen molar-refractivity contribution in [2.75, 3.05) is 7.11 Å². The van der Waals surface area contributed by atoms with E-state index in [1.807, 2.05) is 18.2 Å². The summed E-state index contributed by atoms with van der Waals surface area (Å²) in [6, 6.07) is 10.4. The van der Waals surface area contributed by atoms with Crippen molar-refractivity contribution in [3.8, 4) is 0 Å². The summed E-state index contributed by atoms with van der Waals surface area (Å²) in [5.41, 5.74) is 1.63. The Morgan fingerprint density at radius 3 is 1.68 bits per heavy atom. The van der Waals surface area contributed by atoms with Gasteiger partial charge in [-0.1, -0.05) is 95.8 Å². The first-order valence-electron chi connectivity index (χ1n) is 10.1. The first-order chi connectivity index (χ1) is 12.6. The van der Waals surface area contributed by atoms with Crippen LogP contribution in [0.15, 0.2) is 42.5 Å². The average molecular weight is 453 g/mol. The number of esters is 1. The predicted molar refractivity (Wildman–Crippen MR) is 132 cm³/mol. The van der Waals surface area contributed by atoms with Gasteiger partial charge in [-0.3, -0.25) is 0 Å². The summed E-state index contributed by atoms with van der Waals surface area (Å²) in [6.07, 6.45) is 0.356. The second kappa shape index (κ2) is 8.95. The van der Waals surface area contributed by atoms with Crippen LogP contribution in [0.5, 0.6) is 0 Å². The van der Waals surface area contributed by atoms with Gasteiger partial charge < -0.3 is 9.16 Å². The minimum Gasteiger partial charge on any atom is -0.466 e. The summed E-state index contributed by atoms with van der Waals surface area (Å²) < 4.78 is 12.4. The zero-order chi connectivity index (χ0) is 22.0. The summed E-state index contributed by atoms with van der Waals surface area (Å²) in [5, 5.41) is 0. The quantitative estimate of drug-likeness (QED) is 0.259. The van der Waals surface area contributed by atoms with Crippen LogP contribution in [0.2, 0.25) is 58.9 Å². The molecule has 0 aliphatic rings. The fraction of sp³-hybridized carbons (Fsp3) is 0.571. The standard InChI is InChI=1S/C21H40O3Si4/c1-18(21(22)23-2)17-20(19-15-13-12-14-16-19)24-28(25(3,4)5,26(6,7)8)27(9,10)11/h12-16,20H,1,17H2,2-11H3. The molecule has 0 bridgehead atoms. The highest BCUT2D eigenvalue weighted by Gasteiger charge is 2.64. The molecule has 0 radical (unpaired) electrons. The van der Waals surface area contributed by atoms with Crippen molar-refractivity contribution in [1.29, 1.82) is 0 Å². The van der Waals surface area contributed by atoms with Gasteiger partial charge in [0.1, 0.15) is 0 Å². The van der Waals surface area contributed by atoms with Gasteiger partial charge in [0.2, 0.25) is 0 Å². The first kappa shape index (κ1) is 25.3. The van der Waals surface area contributed by atoms with E-state index < -0.39 is 29.6 Å². The molecular formula is C21H40O3Si4. The van der Waals surface area contributed by atoms with E-state index in [1.165, 1.54) is 7.11 Å². The Bertz CT molecular complexity index is 646. The topological polar surface area (TPSA) is 35.5 Å². The minimum atomic E-state index is -2.03. The molecule has 158 valence electrons. The molecule has 0 fully saturated rings. The molecular weight excluding hydrogens is 413 g/mol.